The van der Waals surface area contributed by atoms with Crippen LogP contribution in [-0.4, -0.2) is 50.3 Å². The number of methoxy groups -OCH3 is 2. The monoisotopic (exact) mass is 256 g/mol. The number of hydrogen-bond donors (Lipinski definition) is 1. The van der Waals surface area contributed by atoms with Crippen LogP contribution in [0.3, 0.4) is 0 Å². The van der Waals surface area contributed by atoms with Gasteiger partial charge >= 0.3 is 0 Å². The van der Waals surface area contributed by atoms with Crippen LogP contribution in [0.2, 0.25) is 0 Å². The minimum Gasteiger partial charge on any atom is -0.394 e. The van der Waals surface area contributed by atoms with Crippen LogP contribution in [0.25, 0.3) is 0 Å². The second-order valence-electron chi connectivity index (χ2n) is 4.13. The molecule has 0 aromatic carbocycles. The molecule has 1 aromatic heterocycles. The Labute approximate surface area is 109 Å². The molecule has 1 aromatic rings. The molecule has 1 rings (SSSR count). The van der Waals surface area contributed by atoms with E-state index in [1.807, 2.05) is 11.7 Å². The lowest BCUT2D eigenvalue weighted by molar-refractivity contribution is 0.189. The minimum atomic E-state index is 0.649. The summed E-state index contributed by atoms with van der Waals surface area (Å²) in [5, 5.41) is 4.43. The third-order valence-corrected chi connectivity index (χ3v) is 2.89. The average Bonchev–Trinajstić information content (AvgIpc) is 2.65. The smallest absolute Gasteiger partial charge is 0.150 e. The van der Waals surface area contributed by atoms with E-state index in [-0.39, 0.29) is 0 Å². The summed E-state index contributed by atoms with van der Waals surface area (Å²) >= 11 is 0. The molecule has 0 unspecified atom stereocenters. The Balaban J connectivity index is 2.92. The number of nitrogens with two attached hydrogens (primary N) is 1. The summed E-state index contributed by atoms with van der Waals surface area (Å²) in [6.07, 6.45) is 0.835. The molecule has 0 saturated heterocycles. The van der Waals surface area contributed by atoms with Crippen molar-refractivity contribution in [3.05, 3.63) is 5.69 Å². The van der Waals surface area contributed by atoms with E-state index in [1.165, 1.54) is 0 Å². The summed E-state index contributed by atoms with van der Waals surface area (Å²) in [7, 11) is 5.30. The first-order valence-electron chi connectivity index (χ1n) is 6.19. The van der Waals surface area contributed by atoms with Gasteiger partial charge in [-0.05, 0) is 6.42 Å². The standard InChI is InChI=1S/C12H24N4O2/c1-5-10-11(13)12(15(2)14-10)16(6-8-17-3)7-9-18-4/h5-9,13H2,1-4H3. The number of anilines is 2. The van der Waals surface area contributed by atoms with E-state index in [9.17, 15) is 0 Å². The zero-order valence-electron chi connectivity index (χ0n) is 11.8. The van der Waals surface area contributed by atoms with Crippen molar-refractivity contribution < 1.29 is 9.47 Å². The van der Waals surface area contributed by atoms with E-state index in [0.717, 1.165) is 36.7 Å². The number of nitrogen functional groups attached to an aromatic ring is 1. The van der Waals surface area contributed by atoms with Gasteiger partial charge in [0.15, 0.2) is 5.82 Å². The Morgan fingerprint density at radius 2 is 1.78 bits per heavy atom. The molecule has 0 fully saturated rings. The fourth-order valence-corrected chi connectivity index (χ4v) is 1.95. The first kappa shape index (κ1) is 14.8. The van der Waals surface area contributed by atoms with Crippen LogP contribution in [0.5, 0.6) is 0 Å². The molecule has 0 aliphatic rings. The second-order valence-corrected chi connectivity index (χ2v) is 4.13. The molecule has 0 radical (unpaired) electrons. The van der Waals surface area contributed by atoms with Gasteiger partial charge in [0.05, 0.1) is 24.6 Å². The fraction of sp³-hybridized carbons (Fsp3) is 0.750. The lowest BCUT2D eigenvalue weighted by atomic mass is 10.3. The molecular formula is C12H24N4O2. The molecule has 0 spiro atoms. The predicted molar refractivity (Wildman–Crippen MR) is 73.0 cm³/mol. The van der Waals surface area contributed by atoms with Crippen LogP contribution in [0, 0.1) is 0 Å². The summed E-state index contributed by atoms with van der Waals surface area (Å²) in [6, 6.07) is 0. The van der Waals surface area contributed by atoms with Crippen LogP contribution in [0.4, 0.5) is 11.5 Å². The Morgan fingerprint density at radius 1 is 1.22 bits per heavy atom. The minimum absolute atomic E-state index is 0.649. The van der Waals surface area contributed by atoms with E-state index in [4.69, 9.17) is 15.2 Å². The molecule has 0 amide bonds. The molecule has 18 heavy (non-hydrogen) atoms. The van der Waals surface area contributed by atoms with Gasteiger partial charge in [0.25, 0.3) is 0 Å². The van der Waals surface area contributed by atoms with E-state index < -0.39 is 0 Å². The van der Waals surface area contributed by atoms with Gasteiger partial charge in [-0.3, -0.25) is 4.68 Å². The highest BCUT2D eigenvalue weighted by Crippen LogP contribution is 2.26. The molecule has 0 saturated carbocycles. The summed E-state index contributed by atoms with van der Waals surface area (Å²) < 4.78 is 12.1. The second kappa shape index (κ2) is 7.23. The molecule has 0 bridgehead atoms. The van der Waals surface area contributed by atoms with Gasteiger partial charge in [-0.15, -0.1) is 0 Å². The predicted octanol–water partition coefficient (Wildman–Crippen LogP) is 0.664. The van der Waals surface area contributed by atoms with Gasteiger partial charge in [-0.1, -0.05) is 6.92 Å². The zero-order chi connectivity index (χ0) is 13.5. The molecular weight excluding hydrogens is 232 g/mol. The Kier molecular flexibility index (Phi) is 5.94. The maximum absolute atomic E-state index is 6.15. The van der Waals surface area contributed by atoms with Crippen LogP contribution >= 0.6 is 0 Å². The average molecular weight is 256 g/mol. The number of rotatable bonds is 8. The summed E-state index contributed by atoms with van der Waals surface area (Å²) in [5.74, 6) is 0.945. The third kappa shape index (κ3) is 3.36. The van der Waals surface area contributed by atoms with E-state index >= 15 is 0 Å². The number of aryl methyl sites for hydroxylation is 2. The number of nitrogens with zero attached hydrogens (tertiary/aromatic N) is 3. The van der Waals surface area contributed by atoms with Crippen molar-refractivity contribution in [2.75, 3.05) is 51.2 Å². The van der Waals surface area contributed by atoms with Gasteiger partial charge in [0.1, 0.15) is 0 Å². The Bertz CT molecular complexity index is 357. The molecule has 6 heteroatoms. The molecule has 6 nitrogen and oxygen atoms in total. The largest absolute Gasteiger partial charge is 0.394 e. The molecule has 0 aliphatic carbocycles. The van der Waals surface area contributed by atoms with Gasteiger partial charge < -0.3 is 20.1 Å². The van der Waals surface area contributed by atoms with Crippen LogP contribution < -0.4 is 10.6 Å². The zero-order valence-corrected chi connectivity index (χ0v) is 11.8. The maximum atomic E-state index is 6.15. The first-order chi connectivity index (χ1) is 8.65. The molecule has 0 aliphatic heterocycles. The summed E-state index contributed by atoms with van der Waals surface area (Å²) in [4.78, 5) is 2.15. The van der Waals surface area contributed by atoms with Gasteiger partial charge in [-0.2, -0.15) is 5.10 Å². The molecule has 1 heterocycles. The van der Waals surface area contributed by atoms with E-state index in [2.05, 4.69) is 16.9 Å². The number of hydrogen-bond acceptors (Lipinski definition) is 5. The lowest BCUT2D eigenvalue weighted by Gasteiger charge is -2.24. The number of aromatic nitrogens is 2. The molecule has 104 valence electrons. The Hall–Kier alpha value is -1.27. The highest BCUT2D eigenvalue weighted by atomic mass is 16.5. The topological polar surface area (TPSA) is 65.5 Å². The normalized spacial score (nSPS) is 10.9. The highest BCUT2D eigenvalue weighted by molar-refractivity contribution is 5.66. The van der Waals surface area contributed by atoms with Crippen LogP contribution in [0.15, 0.2) is 0 Å². The van der Waals surface area contributed by atoms with Crippen molar-refractivity contribution in [1.29, 1.82) is 0 Å². The van der Waals surface area contributed by atoms with Gasteiger partial charge in [-0.25, -0.2) is 0 Å². The van der Waals surface area contributed by atoms with Crippen molar-refractivity contribution in [3.63, 3.8) is 0 Å². The maximum Gasteiger partial charge on any atom is 0.150 e. The quantitative estimate of drug-likeness (QED) is 0.740. The molecule has 0 atom stereocenters. The summed E-state index contributed by atoms with van der Waals surface area (Å²) in [5.41, 5.74) is 7.85. The van der Waals surface area contributed by atoms with Gasteiger partial charge in [0, 0.05) is 34.4 Å². The van der Waals surface area contributed by atoms with Crippen molar-refractivity contribution in [1.82, 2.24) is 9.78 Å². The van der Waals surface area contributed by atoms with Crippen molar-refractivity contribution >= 4 is 11.5 Å². The first-order valence-corrected chi connectivity index (χ1v) is 6.19. The lowest BCUT2D eigenvalue weighted by Crippen LogP contribution is -2.32. The van der Waals surface area contributed by atoms with E-state index in [0.29, 0.717) is 13.2 Å². The fourth-order valence-electron chi connectivity index (χ4n) is 1.95. The van der Waals surface area contributed by atoms with Crippen LogP contribution in [-0.2, 0) is 22.9 Å². The van der Waals surface area contributed by atoms with Crippen molar-refractivity contribution in [2.24, 2.45) is 7.05 Å². The summed E-state index contributed by atoms with van der Waals surface area (Å²) in [6.45, 7) is 4.89. The van der Waals surface area contributed by atoms with Gasteiger partial charge in [0.2, 0.25) is 0 Å². The third-order valence-electron chi connectivity index (χ3n) is 2.89. The SMILES string of the molecule is CCc1nn(C)c(N(CCOC)CCOC)c1N. The highest BCUT2D eigenvalue weighted by Gasteiger charge is 2.18. The van der Waals surface area contributed by atoms with E-state index in [1.54, 1.807) is 14.2 Å². The van der Waals surface area contributed by atoms with Crippen molar-refractivity contribution in [2.45, 2.75) is 13.3 Å². The van der Waals surface area contributed by atoms with Crippen LogP contribution in [0.1, 0.15) is 12.6 Å². The Morgan fingerprint density at radius 3 is 2.17 bits per heavy atom. The van der Waals surface area contributed by atoms with Crippen molar-refractivity contribution in [3.8, 4) is 0 Å². The number of ether oxygens (including phenoxy) is 2. The molecule has 2 N–H and O–H groups in total.